The summed E-state index contributed by atoms with van der Waals surface area (Å²) < 4.78 is 0. The van der Waals surface area contributed by atoms with Gasteiger partial charge < -0.3 is 15.3 Å². The van der Waals surface area contributed by atoms with Crippen molar-refractivity contribution in [3.05, 3.63) is 24.3 Å². The molecule has 1 unspecified atom stereocenters. The highest BCUT2D eigenvalue weighted by molar-refractivity contribution is 8.93. The van der Waals surface area contributed by atoms with Crippen LogP contribution in [-0.4, -0.2) is 52.8 Å². The van der Waals surface area contributed by atoms with Crippen LogP contribution in [0.4, 0.5) is 0 Å². The highest BCUT2D eigenvalue weighted by atomic mass is 79.9. The Kier molecular flexibility index (Phi) is 44.7. The van der Waals surface area contributed by atoms with Crippen molar-refractivity contribution in [2.24, 2.45) is 5.92 Å². The third-order valence-electron chi connectivity index (χ3n) is 9.85. The van der Waals surface area contributed by atoms with E-state index in [0.29, 0.717) is 12.5 Å². The SMILES string of the molecule is Br.CCCCCCCC/C=C\CCCCCCCCCC(CCCCCCCC/C=C\CCCCCCCC)CN(CCO)CC(O)O. The molecule has 0 aromatic heterocycles. The van der Waals surface area contributed by atoms with Gasteiger partial charge in [-0.1, -0.05) is 173 Å². The Labute approximate surface area is 311 Å². The summed E-state index contributed by atoms with van der Waals surface area (Å²) in [5, 5.41) is 28.6. The monoisotopic (exact) mass is 744 g/mol. The van der Waals surface area contributed by atoms with E-state index in [1.54, 1.807) is 0 Å². The summed E-state index contributed by atoms with van der Waals surface area (Å²) in [6, 6.07) is 0. The summed E-state index contributed by atoms with van der Waals surface area (Å²) in [6.45, 7) is 6.27. The number of allylic oxidation sites excluding steroid dienone is 4. The molecular formula is C43H86BrNO3. The van der Waals surface area contributed by atoms with Crippen molar-refractivity contribution in [1.82, 2.24) is 4.90 Å². The first-order chi connectivity index (χ1) is 23.1. The lowest BCUT2D eigenvalue weighted by Crippen LogP contribution is -2.38. The van der Waals surface area contributed by atoms with Crippen molar-refractivity contribution in [3.8, 4) is 0 Å². The Morgan fingerprint density at radius 2 is 0.750 bits per heavy atom. The molecular weight excluding hydrogens is 658 g/mol. The lowest BCUT2D eigenvalue weighted by atomic mass is 9.93. The second-order valence-electron chi connectivity index (χ2n) is 14.6. The quantitative estimate of drug-likeness (QED) is 0.0333. The van der Waals surface area contributed by atoms with Crippen LogP contribution in [0.1, 0.15) is 213 Å². The van der Waals surface area contributed by atoms with Crippen LogP contribution in [0.5, 0.6) is 0 Å². The molecule has 4 nitrogen and oxygen atoms in total. The molecule has 1 atom stereocenters. The molecule has 0 amide bonds. The lowest BCUT2D eigenvalue weighted by molar-refractivity contribution is -0.0651. The smallest absolute Gasteiger partial charge is 0.164 e. The summed E-state index contributed by atoms with van der Waals surface area (Å²) in [4.78, 5) is 2.05. The van der Waals surface area contributed by atoms with Gasteiger partial charge in [0.1, 0.15) is 0 Å². The minimum Gasteiger partial charge on any atom is -0.395 e. The molecule has 3 N–H and O–H groups in total. The Morgan fingerprint density at radius 3 is 1.06 bits per heavy atom. The maximum Gasteiger partial charge on any atom is 0.164 e. The number of hydrogen-bond donors (Lipinski definition) is 3. The lowest BCUT2D eigenvalue weighted by Gasteiger charge is -2.27. The van der Waals surface area contributed by atoms with Gasteiger partial charge in [0.25, 0.3) is 0 Å². The van der Waals surface area contributed by atoms with Crippen molar-refractivity contribution in [1.29, 1.82) is 0 Å². The normalized spacial score (nSPS) is 12.6. The molecule has 0 aliphatic carbocycles. The van der Waals surface area contributed by atoms with Gasteiger partial charge in [0.2, 0.25) is 0 Å². The zero-order valence-electron chi connectivity index (χ0n) is 32.4. The average molecular weight is 745 g/mol. The molecule has 0 rings (SSSR count). The number of hydrogen-bond acceptors (Lipinski definition) is 4. The predicted molar refractivity (Wildman–Crippen MR) is 218 cm³/mol. The molecule has 0 aromatic carbocycles. The molecule has 0 fully saturated rings. The Morgan fingerprint density at radius 1 is 0.438 bits per heavy atom. The zero-order chi connectivity index (χ0) is 34.3. The molecule has 0 aromatic rings. The average Bonchev–Trinajstić information content (AvgIpc) is 3.05. The van der Waals surface area contributed by atoms with Gasteiger partial charge in [-0.25, -0.2) is 0 Å². The molecule has 0 heterocycles. The van der Waals surface area contributed by atoms with Gasteiger partial charge in [-0.3, -0.25) is 4.90 Å². The number of aliphatic hydroxyl groups is 3. The van der Waals surface area contributed by atoms with Gasteiger partial charge in [0.05, 0.1) is 6.61 Å². The summed E-state index contributed by atoms with van der Waals surface area (Å²) in [6.07, 6.45) is 49.7. The highest BCUT2D eigenvalue weighted by Gasteiger charge is 2.16. The predicted octanol–water partition coefficient (Wildman–Crippen LogP) is 13.0. The zero-order valence-corrected chi connectivity index (χ0v) is 34.1. The minimum absolute atomic E-state index is 0. The standard InChI is InChI=1S/C43H85NO3.BrH/c1-3-5-7-9-11-13-15-17-19-21-23-25-27-29-31-33-35-37-42(40-44(38-39-45)41-43(46)47)36-34-32-30-28-26-24-22-20-18-16-14-12-10-8-6-4-2;/h17-20,42-43,45-47H,3-16,21-41H2,1-2H3;1H/b19-17-,20-18-;. The van der Waals surface area contributed by atoms with Crippen LogP contribution < -0.4 is 0 Å². The highest BCUT2D eigenvalue weighted by Crippen LogP contribution is 2.21. The fraction of sp³-hybridized carbons (Fsp3) is 0.907. The first kappa shape index (κ1) is 49.9. The Balaban J connectivity index is 0. The van der Waals surface area contributed by atoms with Gasteiger partial charge in [-0.15, -0.1) is 17.0 Å². The fourth-order valence-electron chi connectivity index (χ4n) is 6.86. The van der Waals surface area contributed by atoms with Gasteiger partial charge in [0, 0.05) is 19.6 Å². The van der Waals surface area contributed by atoms with E-state index >= 15 is 0 Å². The van der Waals surface area contributed by atoms with Crippen LogP contribution in [0.2, 0.25) is 0 Å². The summed E-state index contributed by atoms with van der Waals surface area (Å²) in [7, 11) is 0. The molecule has 288 valence electrons. The first-order valence-electron chi connectivity index (χ1n) is 21.1. The number of aliphatic hydroxyl groups excluding tert-OH is 2. The first-order valence-corrected chi connectivity index (χ1v) is 21.1. The maximum atomic E-state index is 9.54. The second-order valence-corrected chi connectivity index (χ2v) is 14.6. The summed E-state index contributed by atoms with van der Waals surface area (Å²) in [5.41, 5.74) is 0. The fourth-order valence-corrected chi connectivity index (χ4v) is 6.86. The van der Waals surface area contributed by atoms with E-state index in [2.05, 4.69) is 43.1 Å². The molecule has 0 radical (unpaired) electrons. The third-order valence-corrected chi connectivity index (χ3v) is 9.85. The summed E-state index contributed by atoms with van der Waals surface area (Å²) in [5.74, 6) is 0.584. The van der Waals surface area contributed by atoms with Crippen LogP contribution in [0.3, 0.4) is 0 Å². The van der Waals surface area contributed by atoms with Crippen molar-refractivity contribution in [2.45, 2.75) is 219 Å². The van der Waals surface area contributed by atoms with Crippen molar-refractivity contribution in [3.63, 3.8) is 0 Å². The molecule has 0 saturated carbocycles. The molecule has 0 bridgehead atoms. The number of unbranched alkanes of at least 4 members (excludes halogenated alkanes) is 25. The molecule has 5 heteroatoms. The number of nitrogens with zero attached hydrogens (tertiary/aromatic N) is 1. The van der Waals surface area contributed by atoms with Crippen LogP contribution >= 0.6 is 17.0 Å². The van der Waals surface area contributed by atoms with Gasteiger partial charge >= 0.3 is 0 Å². The van der Waals surface area contributed by atoms with Crippen LogP contribution in [0.15, 0.2) is 24.3 Å². The maximum absolute atomic E-state index is 9.54. The Bertz CT molecular complexity index is 642. The third kappa shape index (κ3) is 40.2. The molecule has 0 aliphatic heterocycles. The van der Waals surface area contributed by atoms with Crippen LogP contribution in [-0.2, 0) is 0 Å². The van der Waals surface area contributed by atoms with Crippen LogP contribution in [0.25, 0.3) is 0 Å². The molecule has 48 heavy (non-hydrogen) atoms. The van der Waals surface area contributed by atoms with Crippen LogP contribution in [0, 0.1) is 5.92 Å². The van der Waals surface area contributed by atoms with Crippen molar-refractivity contribution >= 4 is 17.0 Å². The van der Waals surface area contributed by atoms with E-state index in [0.717, 1.165) is 6.54 Å². The van der Waals surface area contributed by atoms with Crippen molar-refractivity contribution < 1.29 is 15.3 Å². The molecule has 0 aliphatic rings. The number of rotatable bonds is 39. The van der Waals surface area contributed by atoms with E-state index in [9.17, 15) is 15.3 Å². The molecule has 0 spiro atoms. The van der Waals surface area contributed by atoms with Gasteiger partial charge in [-0.2, -0.15) is 0 Å². The topological polar surface area (TPSA) is 63.9 Å². The van der Waals surface area contributed by atoms with E-state index in [1.165, 1.54) is 199 Å². The van der Waals surface area contributed by atoms with E-state index in [1.807, 2.05) is 0 Å². The van der Waals surface area contributed by atoms with Crippen molar-refractivity contribution in [2.75, 3.05) is 26.2 Å². The van der Waals surface area contributed by atoms with E-state index < -0.39 is 6.29 Å². The van der Waals surface area contributed by atoms with Gasteiger partial charge in [0.15, 0.2) is 6.29 Å². The summed E-state index contributed by atoms with van der Waals surface area (Å²) >= 11 is 0. The molecule has 0 saturated heterocycles. The van der Waals surface area contributed by atoms with E-state index in [4.69, 9.17) is 0 Å². The second kappa shape index (κ2) is 43.0. The van der Waals surface area contributed by atoms with Gasteiger partial charge in [-0.05, 0) is 70.1 Å². The Hall–Kier alpha value is -0.200. The largest absolute Gasteiger partial charge is 0.395 e. The van der Waals surface area contributed by atoms with E-state index in [-0.39, 0.29) is 30.1 Å². The minimum atomic E-state index is -1.33. The number of halogens is 1.